The van der Waals surface area contributed by atoms with Gasteiger partial charge in [-0.15, -0.1) is 0 Å². The van der Waals surface area contributed by atoms with Crippen LogP contribution in [0.1, 0.15) is 12.0 Å². The third kappa shape index (κ3) is 3.61. The second-order valence-corrected chi connectivity index (χ2v) is 6.67. The van der Waals surface area contributed by atoms with Gasteiger partial charge in [-0.1, -0.05) is 0 Å². The van der Waals surface area contributed by atoms with Crippen LogP contribution >= 0.6 is 0 Å². The maximum absolute atomic E-state index is 14.5. The van der Waals surface area contributed by atoms with Gasteiger partial charge in [0, 0.05) is 23.6 Å². The Kier molecular flexibility index (Phi) is 4.84. The maximum atomic E-state index is 14.5. The van der Waals surface area contributed by atoms with Crippen LogP contribution in [0.25, 0.3) is 28.2 Å². The largest absolute Gasteiger partial charge is 0.354 e. The number of fused-ring (bicyclic) bond motifs is 1. The molecule has 1 fully saturated rings. The Hall–Kier alpha value is -3.55. The Morgan fingerprint density at radius 1 is 1.07 bits per heavy atom. The molecule has 3 aromatic rings. The third-order valence-corrected chi connectivity index (χ3v) is 4.79. The van der Waals surface area contributed by atoms with E-state index in [1.165, 1.54) is 30.3 Å². The van der Waals surface area contributed by atoms with E-state index in [2.05, 4.69) is 15.6 Å². The van der Waals surface area contributed by atoms with Gasteiger partial charge >= 0.3 is 0 Å². The Bertz CT molecular complexity index is 1140. The molecule has 1 aliphatic heterocycles. The average Bonchev–Trinajstić information content (AvgIpc) is 3.28. The van der Waals surface area contributed by atoms with Crippen molar-refractivity contribution in [1.82, 2.24) is 15.6 Å². The molecule has 2 amide bonds. The number of halogens is 3. The molecule has 2 aromatic carbocycles. The van der Waals surface area contributed by atoms with Gasteiger partial charge in [0.05, 0.1) is 11.2 Å². The van der Waals surface area contributed by atoms with Crippen molar-refractivity contribution in [2.75, 3.05) is 6.54 Å². The first-order valence-corrected chi connectivity index (χ1v) is 8.96. The summed E-state index contributed by atoms with van der Waals surface area (Å²) in [5.41, 5.74) is 1.03. The summed E-state index contributed by atoms with van der Waals surface area (Å²) in [4.78, 5) is 26.6. The molecule has 5 nitrogen and oxygen atoms in total. The van der Waals surface area contributed by atoms with Crippen LogP contribution in [-0.4, -0.2) is 29.4 Å². The second-order valence-electron chi connectivity index (χ2n) is 6.67. The van der Waals surface area contributed by atoms with Crippen molar-refractivity contribution >= 4 is 28.8 Å². The molecule has 0 unspecified atom stereocenters. The summed E-state index contributed by atoms with van der Waals surface area (Å²) < 4.78 is 42.0. The van der Waals surface area contributed by atoms with Crippen LogP contribution < -0.4 is 10.6 Å². The van der Waals surface area contributed by atoms with Gasteiger partial charge in [-0.2, -0.15) is 0 Å². The van der Waals surface area contributed by atoms with Crippen molar-refractivity contribution in [2.24, 2.45) is 0 Å². The van der Waals surface area contributed by atoms with E-state index >= 15 is 0 Å². The van der Waals surface area contributed by atoms with Crippen LogP contribution in [-0.2, 0) is 9.59 Å². The van der Waals surface area contributed by atoms with Gasteiger partial charge in [0.15, 0.2) is 0 Å². The van der Waals surface area contributed by atoms with E-state index in [1.54, 1.807) is 0 Å². The normalized spacial score (nSPS) is 16.5. The number of aromatic amines is 1. The number of hydrogen-bond acceptors (Lipinski definition) is 2. The molecule has 3 N–H and O–H groups in total. The summed E-state index contributed by atoms with van der Waals surface area (Å²) in [5.74, 6) is -2.58. The first kappa shape index (κ1) is 18.8. The highest BCUT2D eigenvalue weighted by Crippen LogP contribution is 2.34. The molecule has 1 aliphatic rings. The van der Waals surface area contributed by atoms with Gasteiger partial charge in [-0.3, -0.25) is 9.59 Å². The van der Waals surface area contributed by atoms with Crippen LogP contribution in [0.15, 0.2) is 42.5 Å². The van der Waals surface area contributed by atoms with Crippen molar-refractivity contribution in [3.8, 4) is 11.3 Å². The number of benzene rings is 2. The van der Waals surface area contributed by atoms with Crippen molar-refractivity contribution in [3.63, 3.8) is 0 Å². The lowest BCUT2D eigenvalue weighted by Crippen LogP contribution is -2.39. The molecule has 29 heavy (non-hydrogen) atoms. The van der Waals surface area contributed by atoms with Gasteiger partial charge in [0.1, 0.15) is 23.5 Å². The molecule has 1 atom stereocenters. The first-order chi connectivity index (χ1) is 13.9. The van der Waals surface area contributed by atoms with E-state index < -0.39 is 29.4 Å². The Labute approximate surface area is 163 Å². The Morgan fingerprint density at radius 2 is 1.79 bits per heavy atom. The van der Waals surface area contributed by atoms with Gasteiger partial charge in [0.2, 0.25) is 11.8 Å². The summed E-state index contributed by atoms with van der Waals surface area (Å²) in [6.07, 6.45) is 2.99. The fourth-order valence-corrected chi connectivity index (χ4v) is 3.38. The van der Waals surface area contributed by atoms with E-state index in [-0.39, 0.29) is 22.4 Å². The number of carbonyl (C=O) groups excluding carboxylic acids is 2. The number of nitrogens with one attached hydrogen (secondary N) is 3. The minimum atomic E-state index is -0.666. The lowest BCUT2D eigenvalue weighted by molar-refractivity contribution is -0.125. The zero-order valence-electron chi connectivity index (χ0n) is 15.1. The zero-order chi connectivity index (χ0) is 20.5. The van der Waals surface area contributed by atoms with E-state index in [0.29, 0.717) is 24.2 Å². The molecule has 0 spiro atoms. The molecule has 0 bridgehead atoms. The SMILES string of the molecule is O=C(/C=C/c1c(-c2ccc(F)cc2)[nH]c2c(F)ccc(F)c12)N[C@H]1CCNC1=O. The van der Waals surface area contributed by atoms with E-state index in [9.17, 15) is 22.8 Å². The van der Waals surface area contributed by atoms with Crippen LogP contribution in [0.2, 0.25) is 0 Å². The average molecular weight is 399 g/mol. The molecule has 0 aliphatic carbocycles. The zero-order valence-corrected chi connectivity index (χ0v) is 15.1. The van der Waals surface area contributed by atoms with Crippen molar-refractivity contribution in [1.29, 1.82) is 0 Å². The van der Waals surface area contributed by atoms with Crippen molar-refractivity contribution < 1.29 is 22.8 Å². The Morgan fingerprint density at radius 3 is 2.48 bits per heavy atom. The number of aromatic nitrogens is 1. The summed E-state index contributed by atoms with van der Waals surface area (Å²) in [6, 6.07) is 6.77. The number of hydrogen-bond donors (Lipinski definition) is 3. The van der Waals surface area contributed by atoms with Gasteiger partial charge in [-0.25, -0.2) is 13.2 Å². The third-order valence-electron chi connectivity index (χ3n) is 4.79. The number of rotatable bonds is 4. The van der Waals surface area contributed by atoms with Crippen molar-refractivity contribution in [2.45, 2.75) is 12.5 Å². The molecule has 4 rings (SSSR count). The summed E-state index contributed by atoms with van der Waals surface area (Å²) in [7, 11) is 0. The minimum absolute atomic E-state index is 0.0213. The number of carbonyl (C=O) groups is 2. The lowest BCUT2D eigenvalue weighted by atomic mass is 10.0. The van der Waals surface area contributed by atoms with Gasteiger partial charge < -0.3 is 15.6 Å². The summed E-state index contributed by atoms with van der Waals surface area (Å²) in [6.45, 7) is 0.481. The molecule has 8 heteroatoms. The number of amides is 2. The van der Waals surface area contributed by atoms with Crippen molar-refractivity contribution in [3.05, 3.63) is 65.5 Å². The predicted molar refractivity (Wildman–Crippen MR) is 102 cm³/mol. The summed E-state index contributed by atoms with van der Waals surface area (Å²) >= 11 is 0. The fraction of sp³-hybridized carbons (Fsp3) is 0.143. The molecule has 0 radical (unpaired) electrons. The monoisotopic (exact) mass is 399 g/mol. The highest BCUT2D eigenvalue weighted by molar-refractivity contribution is 6.02. The highest BCUT2D eigenvalue weighted by atomic mass is 19.1. The molecular weight excluding hydrogens is 383 g/mol. The van der Waals surface area contributed by atoms with E-state index in [1.807, 2.05) is 0 Å². The van der Waals surface area contributed by atoms with Gasteiger partial charge in [-0.05, 0) is 54.5 Å². The molecule has 2 heterocycles. The molecule has 0 saturated carbocycles. The number of H-pyrrole nitrogens is 1. The van der Waals surface area contributed by atoms with Crippen LogP contribution in [0.4, 0.5) is 13.2 Å². The molecule has 148 valence electrons. The molecular formula is C21H16F3N3O2. The smallest absolute Gasteiger partial charge is 0.244 e. The summed E-state index contributed by atoms with van der Waals surface area (Å²) in [5, 5.41) is 5.16. The first-order valence-electron chi connectivity index (χ1n) is 8.96. The predicted octanol–water partition coefficient (Wildman–Crippen LogP) is 3.27. The fourth-order valence-electron chi connectivity index (χ4n) is 3.38. The van der Waals surface area contributed by atoms with Crippen LogP contribution in [0.5, 0.6) is 0 Å². The molecule has 1 saturated heterocycles. The lowest BCUT2D eigenvalue weighted by Gasteiger charge is -2.07. The minimum Gasteiger partial charge on any atom is -0.354 e. The van der Waals surface area contributed by atoms with Crippen LogP contribution in [0, 0.1) is 17.5 Å². The highest BCUT2D eigenvalue weighted by Gasteiger charge is 2.25. The van der Waals surface area contributed by atoms with Gasteiger partial charge in [0.25, 0.3) is 0 Å². The maximum Gasteiger partial charge on any atom is 0.244 e. The van der Waals surface area contributed by atoms with E-state index in [4.69, 9.17) is 0 Å². The van der Waals surface area contributed by atoms with Crippen LogP contribution in [0.3, 0.4) is 0 Å². The second kappa shape index (κ2) is 7.46. The standard InChI is InChI=1S/C21H16F3N3O2/c22-12-3-1-11(2-4-12)19-13(18-14(23)6-7-15(24)20(18)27-19)5-8-17(28)26-16-9-10-25-21(16)29/h1-8,16,27H,9-10H2,(H,25,29)(H,26,28)/b8-5+/t16-/m0/s1. The van der Waals surface area contributed by atoms with E-state index in [0.717, 1.165) is 18.2 Å². The topological polar surface area (TPSA) is 74.0 Å². The quantitative estimate of drug-likeness (QED) is 0.589. The Balaban J connectivity index is 1.76. The molecule has 1 aromatic heterocycles.